The van der Waals surface area contributed by atoms with E-state index >= 15 is 0 Å². The highest BCUT2D eigenvalue weighted by Gasteiger charge is 1.93. The zero-order chi connectivity index (χ0) is 6.97. The molecule has 1 heterocycles. The van der Waals surface area contributed by atoms with E-state index in [9.17, 15) is 0 Å². The van der Waals surface area contributed by atoms with Gasteiger partial charge in [-0.1, -0.05) is 0 Å². The van der Waals surface area contributed by atoms with Gasteiger partial charge in [-0.25, -0.2) is 0 Å². The Balaban J connectivity index is 2.86. The summed E-state index contributed by atoms with van der Waals surface area (Å²) in [4.78, 5) is 0. The van der Waals surface area contributed by atoms with Gasteiger partial charge in [-0.3, -0.25) is 0 Å². The molecule has 50 valence electrons. The number of anilines is 1. The third-order valence-electron chi connectivity index (χ3n) is 1.39. The fourth-order valence-electron chi connectivity index (χ4n) is 0.879. The summed E-state index contributed by atoms with van der Waals surface area (Å²) in [6, 6.07) is 5.75. The Morgan fingerprint density at radius 1 is 1.40 bits per heavy atom. The van der Waals surface area contributed by atoms with Crippen molar-refractivity contribution in [3.63, 3.8) is 0 Å². The molecule has 0 atom stereocenters. The summed E-state index contributed by atoms with van der Waals surface area (Å²) in [5.41, 5.74) is 7.31. The second-order valence-electron chi connectivity index (χ2n) is 2.13. The van der Waals surface area contributed by atoms with Crippen LogP contribution in [0.5, 0.6) is 0 Å². The molecule has 2 N–H and O–H groups in total. The largest absolute Gasteiger partial charge is 0.399 e. The molecule has 3 heteroatoms. The first-order valence-electron chi connectivity index (χ1n) is 2.96. The lowest BCUT2D eigenvalue weighted by Gasteiger charge is -1.89. The van der Waals surface area contributed by atoms with E-state index in [1.54, 1.807) is 0 Å². The molecule has 0 bridgehead atoms. The van der Waals surface area contributed by atoms with Crippen molar-refractivity contribution in [1.82, 2.24) is 4.37 Å². The molecule has 0 spiro atoms. The molecule has 2 nitrogen and oxygen atoms in total. The normalized spacial score (nSPS) is 10.4. The highest BCUT2D eigenvalue weighted by atomic mass is 32.1. The van der Waals surface area contributed by atoms with Gasteiger partial charge >= 0.3 is 0 Å². The van der Waals surface area contributed by atoms with Crippen LogP contribution in [-0.2, 0) is 0 Å². The minimum Gasteiger partial charge on any atom is -0.399 e. The number of rotatable bonds is 0. The molecule has 0 fully saturated rings. The van der Waals surface area contributed by atoms with Gasteiger partial charge in [0.25, 0.3) is 0 Å². The second kappa shape index (κ2) is 1.95. The lowest BCUT2D eigenvalue weighted by atomic mass is 10.2. The van der Waals surface area contributed by atoms with E-state index in [2.05, 4.69) is 4.37 Å². The Morgan fingerprint density at radius 2 is 2.30 bits per heavy atom. The number of nitrogens with two attached hydrogens (primary N) is 1. The van der Waals surface area contributed by atoms with Crippen LogP contribution in [-0.4, -0.2) is 4.37 Å². The Labute approximate surface area is 62.5 Å². The van der Waals surface area contributed by atoms with Crippen LogP contribution in [0.25, 0.3) is 10.9 Å². The fraction of sp³-hybridized carbons (Fsp3) is 0. The molecule has 0 aliphatic rings. The number of benzene rings is 1. The average molecular weight is 150 g/mol. The van der Waals surface area contributed by atoms with Gasteiger partial charge in [0.15, 0.2) is 0 Å². The quantitative estimate of drug-likeness (QED) is 0.582. The van der Waals surface area contributed by atoms with E-state index < -0.39 is 0 Å². The molecule has 0 saturated heterocycles. The summed E-state index contributed by atoms with van der Waals surface area (Å²) in [5.74, 6) is 0. The topological polar surface area (TPSA) is 38.9 Å². The van der Waals surface area contributed by atoms with Crippen LogP contribution >= 0.6 is 11.5 Å². The average Bonchev–Trinajstić information content (AvgIpc) is 2.33. The Hall–Kier alpha value is -1.09. The summed E-state index contributed by atoms with van der Waals surface area (Å²) in [7, 11) is 0. The standard InChI is InChI=1S/C7H6N2S/c8-6-2-1-5-4-10-9-7(5)3-6/h1-4H,8H2. The van der Waals surface area contributed by atoms with Gasteiger partial charge in [0.05, 0.1) is 5.52 Å². The number of aromatic nitrogens is 1. The Morgan fingerprint density at radius 3 is 3.20 bits per heavy atom. The molecule has 0 radical (unpaired) electrons. The van der Waals surface area contributed by atoms with Crippen LogP contribution in [0.15, 0.2) is 23.6 Å². The van der Waals surface area contributed by atoms with E-state index in [1.807, 2.05) is 23.6 Å². The number of hydrogen-bond donors (Lipinski definition) is 1. The van der Waals surface area contributed by atoms with E-state index in [0.717, 1.165) is 11.2 Å². The van der Waals surface area contributed by atoms with E-state index in [-0.39, 0.29) is 0 Å². The fourth-order valence-corrected chi connectivity index (χ4v) is 1.52. The summed E-state index contributed by atoms with van der Waals surface area (Å²) >= 11 is 1.46. The number of nitrogen functional groups attached to an aromatic ring is 1. The van der Waals surface area contributed by atoms with E-state index in [0.29, 0.717) is 0 Å². The van der Waals surface area contributed by atoms with Gasteiger partial charge < -0.3 is 5.73 Å². The van der Waals surface area contributed by atoms with E-state index in [1.165, 1.54) is 16.9 Å². The first-order chi connectivity index (χ1) is 4.86. The first kappa shape index (κ1) is 5.68. The minimum absolute atomic E-state index is 0.776. The monoisotopic (exact) mass is 150 g/mol. The highest BCUT2D eigenvalue weighted by molar-refractivity contribution is 7.04. The summed E-state index contributed by atoms with van der Waals surface area (Å²) in [6.07, 6.45) is 0. The summed E-state index contributed by atoms with van der Waals surface area (Å²) < 4.78 is 4.14. The molecule has 10 heavy (non-hydrogen) atoms. The van der Waals surface area contributed by atoms with Crippen molar-refractivity contribution in [2.24, 2.45) is 0 Å². The van der Waals surface area contributed by atoms with Crippen LogP contribution in [0.4, 0.5) is 5.69 Å². The summed E-state index contributed by atoms with van der Waals surface area (Å²) in [6.45, 7) is 0. The van der Waals surface area contributed by atoms with Crippen molar-refractivity contribution >= 4 is 28.1 Å². The van der Waals surface area contributed by atoms with Crippen molar-refractivity contribution in [3.8, 4) is 0 Å². The smallest absolute Gasteiger partial charge is 0.0861 e. The van der Waals surface area contributed by atoms with Crippen molar-refractivity contribution < 1.29 is 0 Å². The van der Waals surface area contributed by atoms with Crippen molar-refractivity contribution in [1.29, 1.82) is 0 Å². The van der Waals surface area contributed by atoms with Gasteiger partial charge in [0, 0.05) is 16.5 Å². The SMILES string of the molecule is Nc1ccc2csnc2c1. The summed E-state index contributed by atoms with van der Waals surface area (Å²) in [5, 5.41) is 3.17. The molecular weight excluding hydrogens is 144 g/mol. The molecule has 0 aliphatic heterocycles. The maximum atomic E-state index is 5.55. The molecule has 2 rings (SSSR count). The third kappa shape index (κ3) is 0.752. The van der Waals surface area contributed by atoms with E-state index in [4.69, 9.17) is 5.73 Å². The predicted octanol–water partition coefficient (Wildman–Crippen LogP) is 1.88. The van der Waals surface area contributed by atoms with Crippen molar-refractivity contribution in [3.05, 3.63) is 23.6 Å². The maximum absolute atomic E-state index is 5.55. The molecule has 0 aliphatic carbocycles. The third-order valence-corrected chi connectivity index (χ3v) is 2.05. The molecule has 1 aromatic heterocycles. The predicted molar refractivity (Wildman–Crippen MR) is 44.0 cm³/mol. The molecule has 1 aromatic carbocycles. The maximum Gasteiger partial charge on any atom is 0.0861 e. The number of hydrogen-bond acceptors (Lipinski definition) is 3. The van der Waals surface area contributed by atoms with Gasteiger partial charge in [0.1, 0.15) is 0 Å². The van der Waals surface area contributed by atoms with Crippen LogP contribution in [0.2, 0.25) is 0 Å². The molecule has 0 saturated carbocycles. The van der Waals surface area contributed by atoms with Gasteiger partial charge in [-0.05, 0) is 29.7 Å². The second-order valence-corrected chi connectivity index (χ2v) is 2.76. The minimum atomic E-state index is 0.776. The van der Waals surface area contributed by atoms with Crippen LogP contribution in [0.1, 0.15) is 0 Å². The van der Waals surface area contributed by atoms with Crippen molar-refractivity contribution in [2.45, 2.75) is 0 Å². The van der Waals surface area contributed by atoms with Crippen molar-refractivity contribution in [2.75, 3.05) is 5.73 Å². The molecule has 0 amide bonds. The van der Waals surface area contributed by atoms with Crippen LogP contribution < -0.4 is 5.73 Å². The zero-order valence-electron chi connectivity index (χ0n) is 5.24. The van der Waals surface area contributed by atoms with Gasteiger partial charge in [-0.2, -0.15) is 4.37 Å². The van der Waals surface area contributed by atoms with Crippen LogP contribution in [0, 0.1) is 0 Å². The molecule has 0 unspecified atom stereocenters. The first-order valence-corrected chi connectivity index (χ1v) is 3.79. The Bertz CT molecular complexity index is 353. The molecule has 2 aromatic rings. The Kier molecular flexibility index (Phi) is 1.11. The molecular formula is C7H6N2S. The number of fused-ring (bicyclic) bond motifs is 1. The lowest BCUT2D eigenvalue weighted by molar-refractivity contribution is 1.66. The highest BCUT2D eigenvalue weighted by Crippen LogP contribution is 2.17. The van der Waals surface area contributed by atoms with Crippen LogP contribution in [0.3, 0.4) is 0 Å². The van der Waals surface area contributed by atoms with Gasteiger partial charge in [0.2, 0.25) is 0 Å². The lowest BCUT2D eigenvalue weighted by Crippen LogP contribution is -1.81. The van der Waals surface area contributed by atoms with Gasteiger partial charge in [-0.15, -0.1) is 0 Å². The number of nitrogens with zero attached hydrogens (tertiary/aromatic N) is 1. The zero-order valence-corrected chi connectivity index (χ0v) is 6.06.